The highest BCUT2D eigenvalue weighted by atomic mass is 35.5. The van der Waals surface area contributed by atoms with E-state index in [9.17, 15) is 9.90 Å². The standard InChI is InChI=1S/C25H25ClN4O2/c1-30(2)16-23(31)15-29-25(32)19-6-3-17(4-7-19)5-8-20-13-21(14-28-24(20)27)18-9-11-22(26)12-10-18/h3-4,6-7,9-14,23,31H,15-16H2,1-2H3,(H2,27,28)(H,29,32). The Morgan fingerprint density at radius 3 is 2.47 bits per heavy atom. The predicted molar refractivity (Wildman–Crippen MR) is 128 cm³/mol. The molecular weight excluding hydrogens is 424 g/mol. The van der Waals surface area contributed by atoms with E-state index in [-0.39, 0.29) is 12.5 Å². The van der Waals surface area contributed by atoms with Crippen molar-refractivity contribution in [2.45, 2.75) is 6.10 Å². The molecule has 1 unspecified atom stereocenters. The Kier molecular flexibility index (Phi) is 7.85. The lowest BCUT2D eigenvalue weighted by Gasteiger charge is -2.16. The Balaban J connectivity index is 1.69. The fraction of sp³-hybridized carbons (Fsp3) is 0.200. The number of aliphatic hydroxyl groups is 1. The van der Waals surface area contributed by atoms with Crippen molar-refractivity contribution >= 4 is 23.3 Å². The first-order valence-corrected chi connectivity index (χ1v) is 10.4. The maximum atomic E-state index is 12.3. The van der Waals surface area contributed by atoms with Gasteiger partial charge in [-0.2, -0.15) is 0 Å². The molecule has 2 aromatic carbocycles. The average molecular weight is 449 g/mol. The number of hydrogen-bond acceptors (Lipinski definition) is 5. The van der Waals surface area contributed by atoms with Crippen LogP contribution >= 0.6 is 11.6 Å². The number of hydrogen-bond donors (Lipinski definition) is 3. The van der Waals surface area contributed by atoms with Crippen molar-refractivity contribution in [3.63, 3.8) is 0 Å². The van der Waals surface area contributed by atoms with Crippen molar-refractivity contribution in [3.8, 4) is 23.0 Å². The van der Waals surface area contributed by atoms with Gasteiger partial charge in [0.1, 0.15) is 5.82 Å². The summed E-state index contributed by atoms with van der Waals surface area (Å²) in [7, 11) is 3.73. The van der Waals surface area contributed by atoms with E-state index in [1.165, 1.54) is 0 Å². The van der Waals surface area contributed by atoms with Crippen LogP contribution in [0.5, 0.6) is 0 Å². The number of pyridine rings is 1. The summed E-state index contributed by atoms with van der Waals surface area (Å²) in [4.78, 5) is 18.4. The van der Waals surface area contributed by atoms with Crippen LogP contribution in [0.4, 0.5) is 5.82 Å². The van der Waals surface area contributed by atoms with E-state index < -0.39 is 6.10 Å². The number of amides is 1. The molecule has 3 rings (SSSR count). The number of nitrogens with zero attached hydrogens (tertiary/aromatic N) is 2. The zero-order valence-electron chi connectivity index (χ0n) is 18.0. The maximum absolute atomic E-state index is 12.3. The second kappa shape index (κ2) is 10.8. The molecule has 0 spiro atoms. The zero-order chi connectivity index (χ0) is 23.1. The van der Waals surface area contributed by atoms with Crippen LogP contribution in [-0.2, 0) is 0 Å². The molecule has 0 radical (unpaired) electrons. The molecule has 0 bridgehead atoms. The molecule has 6 nitrogen and oxygen atoms in total. The number of anilines is 1. The second-order valence-electron chi connectivity index (χ2n) is 7.62. The van der Waals surface area contributed by atoms with Gasteiger partial charge < -0.3 is 21.1 Å². The smallest absolute Gasteiger partial charge is 0.251 e. The van der Waals surface area contributed by atoms with Gasteiger partial charge in [0, 0.05) is 41.0 Å². The molecule has 0 saturated heterocycles. The van der Waals surface area contributed by atoms with Crippen molar-refractivity contribution in [1.29, 1.82) is 0 Å². The minimum absolute atomic E-state index is 0.189. The normalized spacial score (nSPS) is 11.5. The molecule has 4 N–H and O–H groups in total. The van der Waals surface area contributed by atoms with Crippen LogP contribution in [0.1, 0.15) is 21.5 Å². The third-order valence-corrected chi connectivity index (χ3v) is 4.91. The zero-order valence-corrected chi connectivity index (χ0v) is 18.7. The predicted octanol–water partition coefficient (Wildman–Crippen LogP) is 3.04. The van der Waals surface area contributed by atoms with Crippen molar-refractivity contribution in [2.24, 2.45) is 0 Å². The van der Waals surface area contributed by atoms with E-state index in [0.717, 1.165) is 16.7 Å². The van der Waals surface area contributed by atoms with E-state index in [1.54, 1.807) is 30.5 Å². The molecule has 0 saturated carbocycles. The van der Waals surface area contributed by atoms with Crippen molar-refractivity contribution in [2.75, 3.05) is 32.9 Å². The minimum atomic E-state index is -0.623. The van der Waals surface area contributed by atoms with Crippen molar-refractivity contribution in [1.82, 2.24) is 15.2 Å². The van der Waals surface area contributed by atoms with Gasteiger partial charge in [0.05, 0.1) is 11.7 Å². The highest BCUT2D eigenvalue weighted by Crippen LogP contribution is 2.23. The quantitative estimate of drug-likeness (QED) is 0.504. The summed E-state index contributed by atoms with van der Waals surface area (Å²) >= 11 is 5.96. The molecule has 32 heavy (non-hydrogen) atoms. The van der Waals surface area contributed by atoms with Crippen LogP contribution in [0.3, 0.4) is 0 Å². The first kappa shape index (κ1) is 23.3. The highest BCUT2D eigenvalue weighted by molar-refractivity contribution is 6.30. The Morgan fingerprint density at radius 2 is 1.81 bits per heavy atom. The number of aromatic nitrogens is 1. The number of carbonyl (C=O) groups excluding carboxylic acids is 1. The van der Waals surface area contributed by atoms with E-state index in [4.69, 9.17) is 17.3 Å². The molecule has 0 aliphatic heterocycles. The van der Waals surface area contributed by atoms with Crippen molar-refractivity contribution in [3.05, 3.63) is 82.5 Å². The summed E-state index contributed by atoms with van der Waals surface area (Å²) in [6.07, 6.45) is 1.08. The number of likely N-dealkylation sites (N-methyl/N-ethyl adjacent to an activating group) is 1. The average Bonchev–Trinajstić information content (AvgIpc) is 2.77. The third-order valence-electron chi connectivity index (χ3n) is 4.66. The van der Waals surface area contributed by atoms with Gasteiger partial charge >= 0.3 is 0 Å². The Bertz CT molecular complexity index is 1130. The van der Waals surface area contributed by atoms with Crippen LogP contribution in [-0.4, -0.2) is 54.2 Å². The minimum Gasteiger partial charge on any atom is -0.390 e. The number of nitrogen functional groups attached to an aromatic ring is 1. The highest BCUT2D eigenvalue weighted by Gasteiger charge is 2.10. The van der Waals surface area contributed by atoms with Gasteiger partial charge in [-0.3, -0.25) is 4.79 Å². The molecular formula is C25H25ClN4O2. The van der Waals surface area contributed by atoms with E-state index in [1.807, 2.05) is 49.3 Å². The van der Waals surface area contributed by atoms with Gasteiger partial charge in [-0.15, -0.1) is 0 Å². The Morgan fingerprint density at radius 1 is 1.12 bits per heavy atom. The summed E-state index contributed by atoms with van der Waals surface area (Å²) in [6.45, 7) is 0.667. The first-order valence-electron chi connectivity index (χ1n) is 10.1. The lowest BCUT2D eigenvalue weighted by Crippen LogP contribution is -2.37. The van der Waals surface area contributed by atoms with Crippen LogP contribution < -0.4 is 11.1 Å². The number of benzene rings is 2. The number of halogens is 1. The van der Waals surface area contributed by atoms with Gasteiger partial charge in [0.25, 0.3) is 5.91 Å². The number of rotatable bonds is 6. The largest absolute Gasteiger partial charge is 0.390 e. The van der Waals surface area contributed by atoms with Crippen LogP contribution in [0, 0.1) is 11.8 Å². The van der Waals surface area contributed by atoms with E-state index in [0.29, 0.717) is 28.5 Å². The molecule has 3 aromatic rings. The van der Waals surface area contributed by atoms with E-state index in [2.05, 4.69) is 22.1 Å². The second-order valence-corrected chi connectivity index (χ2v) is 8.05. The first-order chi connectivity index (χ1) is 15.3. The molecule has 164 valence electrons. The fourth-order valence-corrected chi connectivity index (χ4v) is 3.14. The number of nitrogens with two attached hydrogens (primary N) is 1. The van der Waals surface area contributed by atoms with Crippen LogP contribution in [0.25, 0.3) is 11.1 Å². The van der Waals surface area contributed by atoms with Gasteiger partial charge in [0.2, 0.25) is 0 Å². The third kappa shape index (κ3) is 6.56. The summed E-state index contributed by atoms with van der Waals surface area (Å²) in [6, 6.07) is 16.3. The van der Waals surface area contributed by atoms with Gasteiger partial charge in [-0.05, 0) is 62.1 Å². The molecule has 1 aromatic heterocycles. The molecule has 1 atom stereocenters. The molecule has 0 aliphatic rings. The molecule has 0 fully saturated rings. The van der Waals surface area contributed by atoms with Crippen LogP contribution in [0.15, 0.2) is 60.8 Å². The monoisotopic (exact) mass is 448 g/mol. The summed E-state index contributed by atoms with van der Waals surface area (Å²) in [5, 5.41) is 13.3. The topological polar surface area (TPSA) is 91.5 Å². The molecule has 0 aliphatic carbocycles. The molecule has 1 amide bonds. The maximum Gasteiger partial charge on any atom is 0.251 e. The fourth-order valence-electron chi connectivity index (χ4n) is 3.02. The Hall–Kier alpha value is -3.37. The Labute approximate surface area is 193 Å². The van der Waals surface area contributed by atoms with E-state index >= 15 is 0 Å². The summed E-state index contributed by atoms with van der Waals surface area (Å²) in [5.41, 5.74) is 9.72. The number of aliphatic hydroxyl groups excluding tert-OH is 1. The van der Waals surface area contributed by atoms with Gasteiger partial charge in [-0.1, -0.05) is 35.6 Å². The van der Waals surface area contributed by atoms with Gasteiger partial charge in [-0.25, -0.2) is 4.98 Å². The SMILES string of the molecule is CN(C)CC(O)CNC(=O)c1ccc(C#Cc2cc(-c3ccc(Cl)cc3)cnc2N)cc1. The number of carbonyl (C=O) groups is 1. The van der Waals surface area contributed by atoms with Crippen molar-refractivity contribution < 1.29 is 9.90 Å². The lowest BCUT2D eigenvalue weighted by atomic mass is 10.1. The molecule has 7 heteroatoms. The van der Waals surface area contributed by atoms with Crippen LogP contribution in [0.2, 0.25) is 5.02 Å². The summed E-state index contributed by atoms with van der Waals surface area (Å²) in [5.74, 6) is 6.22. The summed E-state index contributed by atoms with van der Waals surface area (Å²) < 4.78 is 0. The van der Waals surface area contributed by atoms with Gasteiger partial charge in [0.15, 0.2) is 0 Å². The lowest BCUT2D eigenvalue weighted by molar-refractivity contribution is 0.0892. The number of nitrogens with one attached hydrogen (secondary N) is 1. The molecule has 1 heterocycles.